The molecule has 43 heavy (non-hydrogen) atoms. The van der Waals surface area contributed by atoms with E-state index in [9.17, 15) is 0 Å². The zero-order chi connectivity index (χ0) is 28.7. The summed E-state index contributed by atoms with van der Waals surface area (Å²) < 4.78 is 0. The number of hydrogen-bond donors (Lipinski definition) is 0. The highest BCUT2D eigenvalue weighted by molar-refractivity contribution is 6.14. The van der Waals surface area contributed by atoms with Crippen molar-refractivity contribution in [1.29, 1.82) is 0 Å². The number of nitrogens with zero attached hydrogens (tertiary/aromatic N) is 2. The molecule has 0 N–H and O–H groups in total. The molecule has 2 heteroatoms. The van der Waals surface area contributed by atoms with Crippen LogP contribution in [0.15, 0.2) is 82.8 Å². The molecule has 4 unspecified atom stereocenters. The third kappa shape index (κ3) is 4.42. The van der Waals surface area contributed by atoms with Gasteiger partial charge in [-0.1, -0.05) is 74.5 Å². The van der Waals surface area contributed by atoms with Crippen molar-refractivity contribution in [2.24, 2.45) is 57.3 Å². The highest BCUT2D eigenvalue weighted by Gasteiger charge is 2.46. The highest BCUT2D eigenvalue weighted by atomic mass is 14.8. The van der Waals surface area contributed by atoms with Crippen molar-refractivity contribution in [1.82, 2.24) is 0 Å². The summed E-state index contributed by atoms with van der Waals surface area (Å²) in [5.74, 6) is 6.11. The highest BCUT2D eigenvalue weighted by Crippen LogP contribution is 2.54. The number of rotatable bonds is 3. The van der Waals surface area contributed by atoms with E-state index in [1.807, 2.05) is 0 Å². The van der Waals surface area contributed by atoms with Crippen LogP contribution < -0.4 is 0 Å². The van der Waals surface area contributed by atoms with E-state index in [0.717, 1.165) is 35.0 Å². The summed E-state index contributed by atoms with van der Waals surface area (Å²) in [6.45, 7) is 4.90. The second-order valence-electron chi connectivity index (χ2n) is 15.3. The maximum atomic E-state index is 5.72. The first kappa shape index (κ1) is 26.2. The molecule has 0 aromatic heterocycles. The van der Waals surface area contributed by atoms with Crippen LogP contribution in [-0.2, 0) is 0 Å². The Labute approximate surface area is 256 Å². The summed E-state index contributed by atoms with van der Waals surface area (Å²) in [5.41, 5.74) is 7.83. The van der Waals surface area contributed by atoms with Crippen molar-refractivity contribution in [2.75, 3.05) is 0 Å². The van der Waals surface area contributed by atoms with Crippen LogP contribution in [0.4, 0.5) is 11.4 Å². The number of benzene rings is 4. The van der Waals surface area contributed by atoms with Gasteiger partial charge in [0.05, 0.1) is 11.4 Å². The molecule has 0 amide bonds. The van der Waals surface area contributed by atoms with Crippen molar-refractivity contribution in [3.63, 3.8) is 0 Å². The number of hydrogen-bond acceptors (Lipinski definition) is 2. The molecule has 6 saturated carbocycles. The van der Waals surface area contributed by atoms with E-state index in [1.54, 1.807) is 0 Å². The molecule has 0 heterocycles. The first-order chi connectivity index (χ1) is 21.1. The summed E-state index contributed by atoms with van der Waals surface area (Å²) in [4.78, 5) is 11.4. The van der Waals surface area contributed by atoms with Crippen LogP contribution in [-0.4, -0.2) is 11.4 Å². The SMILES string of the molecule is CC1CC2CC(C)/C(=N\c3ccc4ccccc4c3-c3c(N=C4C5CC6CC(C5)CC4C6)ccc4ccccc34)C(C1)C2. The monoisotopic (exact) mass is 564 g/mol. The first-order valence-corrected chi connectivity index (χ1v) is 17.3. The summed E-state index contributed by atoms with van der Waals surface area (Å²) in [5, 5.41) is 5.17. The molecule has 10 rings (SSSR count). The molecule has 2 nitrogen and oxygen atoms in total. The molecule has 4 aromatic rings. The minimum absolute atomic E-state index is 0.552. The van der Waals surface area contributed by atoms with Gasteiger partial charge < -0.3 is 0 Å². The topological polar surface area (TPSA) is 24.7 Å². The van der Waals surface area contributed by atoms with Crippen molar-refractivity contribution < 1.29 is 0 Å². The Hall–Kier alpha value is -3.26. The molecule has 0 saturated heterocycles. The molecule has 0 radical (unpaired) electrons. The molecule has 6 aliphatic rings. The second kappa shape index (κ2) is 10.1. The van der Waals surface area contributed by atoms with Crippen LogP contribution in [0.3, 0.4) is 0 Å². The zero-order valence-corrected chi connectivity index (χ0v) is 25.8. The molecule has 4 atom stereocenters. The smallest absolute Gasteiger partial charge is 0.0715 e. The maximum absolute atomic E-state index is 5.72. The van der Waals surface area contributed by atoms with Crippen molar-refractivity contribution in [3.8, 4) is 11.1 Å². The maximum Gasteiger partial charge on any atom is 0.0715 e. The predicted molar refractivity (Wildman–Crippen MR) is 182 cm³/mol. The van der Waals surface area contributed by atoms with Crippen molar-refractivity contribution >= 4 is 44.3 Å². The van der Waals surface area contributed by atoms with Crippen LogP contribution in [0.25, 0.3) is 32.7 Å². The first-order valence-electron chi connectivity index (χ1n) is 17.3. The van der Waals surface area contributed by atoms with E-state index in [1.165, 1.54) is 102 Å². The molecule has 0 spiro atoms. The Morgan fingerprint density at radius 2 is 0.953 bits per heavy atom. The Balaban J connectivity index is 1.28. The van der Waals surface area contributed by atoms with Gasteiger partial charge in [0.1, 0.15) is 0 Å². The number of fused-ring (bicyclic) bond motifs is 4. The third-order valence-electron chi connectivity index (χ3n) is 12.2. The number of aliphatic imine (C=N–C) groups is 2. The van der Waals surface area contributed by atoms with Gasteiger partial charge >= 0.3 is 0 Å². The van der Waals surface area contributed by atoms with Crippen LogP contribution in [0.5, 0.6) is 0 Å². The average molecular weight is 565 g/mol. The van der Waals surface area contributed by atoms with Crippen LogP contribution in [0.2, 0.25) is 0 Å². The molecule has 218 valence electrons. The van der Waals surface area contributed by atoms with Crippen LogP contribution in [0, 0.1) is 47.3 Å². The van der Waals surface area contributed by atoms with Gasteiger partial charge in [-0.2, -0.15) is 0 Å². The molecule has 6 bridgehead atoms. The van der Waals surface area contributed by atoms with E-state index < -0.39 is 0 Å². The van der Waals surface area contributed by atoms with Gasteiger partial charge in [0, 0.05) is 22.6 Å². The Kier molecular flexibility index (Phi) is 6.18. The minimum Gasteiger partial charge on any atom is -0.257 e. The average Bonchev–Trinajstić information content (AvgIpc) is 3.00. The lowest BCUT2D eigenvalue weighted by atomic mass is 9.55. The molecule has 4 aromatic carbocycles. The molecule has 6 aliphatic carbocycles. The van der Waals surface area contributed by atoms with Gasteiger partial charge in [-0.25, -0.2) is 0 Å². The summed E-state index contributed by atoms with van der Waals surface area (Å²) in [6.07, 6.45) is 12.2. The Morgan fingerprint density at radius 1 is 0.465 bits per heavy atom. The molecule has 6 fully saturated rings. The molecule has 0 aliphatic heterocycles. The summed E-state index contributed by atoms with van der Waals surface area (Å²) in [6, 6.07) is 27.2. The fourth-order valence-electron chi connectivity index (χ4n) is 10.8. The largest absolute Gasteiger partial charge is 0.257 e. The standard InChI is InChI=1S/C41H44N2/c1-24-15-26-17-25(2)40(31(16-24)19-26)42-36-13-11-29-7-3-5-9-34(29)38(36)39-35-10-6-4-8-30(35)12-14-37(39)43-41-32-20-27-18-28(22-32)23-33(41)21-27/h3-14,24-28,31-33H,15-23H2,1-2H3/b42-40+,43-41?. The quantitative estimate of drug-likeness (QED) is 0.236. The fraction of sp³-hybridized carbons (Fsp3) is 0.463. The lowest BCUT2D eigenvalue weighted by Gasteiger charge is -2.50. The molecular weight excluding hydrogens is 520 g/mol. The van der Waals surface area contributed by atoms with Gasteiger partial charge in [-0.15, -0.1) is 0 Å². The Bertz CT molecular complexity index is 1760. The van der Waals surface area contributed by atoms with Gasteiger partial charge in [0.25, 0.3) is 0 Å². The lowest BCUT2D eigenvalue weighted by molar-refractivity contribution is 0.109. The lowest BCUT2D eigenvalue weighted by Crippen LogP contribution is -2.45. The third-order valence-corrected chi connectivity index (χ3v) is 12.2. The van der Waals surface area contributed by atoms with Gasteiger partial charge in [0.15, 0.2) is 0 Å². The van der Waals surface area contributed by atoms with Gasteiger partial charge in [-0.3, -0.25) is 9.98 Å². The summed E-state index contributed by atoms with van der Waals surface area (Å²) in [7, 11) is 0. The fourth-order valence-corrected chi connectivity index (χ4v) is 10.8. The minimum atomic E-state index is 0.552. The van der Waals surface area contributed by atoms with Crippen LogP contribution in [0.1, 0.15) is 71.6 Å². The van der Waals surface area contributed by atoms with Gasteiger partial charge in [0.2, 0.25) is 0 Å². The normalized spacial score (nSPS) is 33.9. The van der Waals surface area contributed by atoms with E-state index in [-0.39, 0.29) is 0 Å². The molecular formula is C41H44N2. The van der Waals surface area contributed by atoms with Gasteiger partial charge in [-0.05, 0) is 139 Å². The van der Waals surface area contributed by atoms with Crippen molar-refractivity contribution in [2.45, 2.75) is 71.6 Å². The van der Waals surface area contributed by atoms with E-state index in [4.69, 9.17) is 9.98 Å². The van der Waals surface area contributed by atoms with Crippen molar-refractivity contribution in [3.05, 3.63) is 72.8 Å². The second-order valence-corrected chi connectivity index (χ2v) is 15.3. The summed E-state index contributed by atoms with van der Waals surface area (Å²) >= 11 is 0. The Morgan fingerprint density at radius 3 is 1.53 bits per heavy atom. The predicted octanol–water partition coefficient (Wildman–Crippen LogP) is 11.4. The van der Waals surface area contributed by atoms with E-state index >= 15 is 0 Å². The van der Waals surface area contributed by atoms with Crippen LogP contribution >= 0.6 is 0 Å². The van der Waals surface area contributed by atoms with E-state index in [2.05, 4.69) is 86.6 Å². The van der Waals surface area contributed by atoms with E-state index in [0.29, 0.717) is 23.7 Å². The zero-order valence-electron chi connectivity index (χ0n) is 25.8.